The lowest BCUT2D eigenvalue weighted by atomic mass is 10.1. The molecule has 0 aliphatic rings. The Morgan fingerprint density at radius 2 is 1.90 bits per heavy atom. The molecule has 2 N–H and O–H groups in total. The Labute approximate surface area is 186 Å². The zero-order chi connectivity index (χ0) is 21.8. The predicted octanol–water partition coefficient (Wildman–Crippen LogP) is 5.11. The van der Waals surface area contributed by atoms with Crippen LogP contribution in [0.1, 0.15) is 22.5 Å². The van der Waals surface area contributed by atoms with Crippen LogP contribution in [0.2, 0.25) is 5.02 Å². The van der Waals surface area contributed by atoms with E-state index in [0.29, 0.717) is 30.2 Å². The first-order valence-electron chi connectivity index (χ1n) is 10.2. The molecule has 2 amide bonds. The minimum Gasteiger partial charge on any atom is -0.337 e. The third kappa shape index (κ3) is 5.03. The van der Waals surface area contributed by atoms with Crippen molar-refractivity contribution < 1.29 is 4.79 Å². The Kier molecular flexibility index (Phi) is 6.18. The monoisotopic (exact) mass is 433 g/mol. The summed E-state index contributed by atoms with van der Waals surface area (Å²) in [7, 11) is 0. The minimum atomic E-state index is -0.273. The normalized spacial score (nSPS) is 10.9. The van der Waals surface area contributed by atoms with Crippen LogP contribution in [0.3, 0.4) is 0 Å². The summed E-state index contributed by atoms with van der Waals surface area (Å²) in [5.74, 6) is 0.883. The maximum absolute atomic E-state index is 12.3. The van der Waals surface area contributed by atoms with Gasteiger partial charge in [0.05, 0.1) is 6.54 Å². The second-order valence-corrected chi connectivity index (χ2v) is 7.97. The molecule has 4 aromatic rings. The second kappa shape index (κ2) is 9.18. The molecule has 2 aromatic heterocycles. The van der Waals surface area contributed by atoms with Gasteiger partial charge in [0.25, 0.3) is 0 Å². The number of imidazole rings is 1. The fourth-order valence-electron chi connectivity index (χ4n) is 3.42. The Bertz CT molecular complexity index is 1220. The molecular weight excluding hydrogens is 410 g/mol. The van der Waals surface area contributed by atoms with Gasteiger partial charge in [-0.15, -0.1) is 0 Å². The molecule has 0 saturated heterocycles. The number of carbonyl (C=O) groups is 1. The van der Waals surface area contributed by atoms with E-state index in [1.807, 2.05) is 25.1 Å². The van der Waals surface area contributed by atoms with Crippen molar-refractivity contribution in [2.75, 3.05) is 11.9 Å². The van der Waals surface area contributed by atoms with E-state index in [2.05, 4.69) is 51.4 Å². The van der Waals surface area contributed by atoms with Gasteiger partial charge >= 0.3 is 6.03 Å². The van der Waals surface area contributed by atoms with E-state index in [-0.39, 0.29) is 6.03 Å². The summed E-state index contributed by atoms with van der Waals surface area (Å²) in [5.41, 5.74) is 5.74. The van der Waals surface area contributed by atoms with E-state index in [1.165, 1.54) is 11.1 Å². The van der Waals surface area contributed by atoms with Gasteiger partial charge in [0.2, 0.25) is 0 Å². The zero-order valence-corrected chi connectivity index (χ0v) is 18.3. The number of benzene rings is 2. The van der Waals surface area contributed by atoms with Gasteiger partial charge in [-0.05, 0) is 49.2 Å². The molecule has 31 heavy (non-hydrogen) atoms. The molecule has 7 heteroatoms. The van der Waals surface area contributed by atoms with E-state index >= 15 is 0 Å². The SMILES string of the molecule is Cc1ccc(Cn2c(CCNC(=O)Nc3cc(Cl)ccc3C)nc3cccnc32)cc1. The summed E-state index contributed by atoms with van der Waals surface area (Å²) in [4.78, 5) is 21.6. The summed E-state index contributed by atoms with van der Waals surface area (Å²) in [6.45, 7) is 5.12. The number of amides is 2. The molecule has 0 atom stereocenters. The van der Waals surface area contributed by atoms with E-state index < -0.39 is 0 Å². The summed E-state index contributed by atoms with van der Waals surface area (Å²) in [6, 6.07) is 17.4. The lowest BCUT2D eigenvalue weighted by Crippen LogP contribution is -2.31. The van der Waals surface area contributed by atoms with Crippen molar-refractivity contribution in [2.45, 2.75) is 26.8 Å². The van der Waals surface area contributed by atoms with Gasteiger partial charge in [-0.1, -0.05) is 47.5 Å². The lowest BCUT2D eigenvalue weighted by molar-refractivity contribution is 0.252. The molecule has 0 spiro atoms. The number of nitrogens with one attached hydrogen (secondary N) is 2. The molecule has 0 unspecified atom stereocenters. The van der Waals surface area contributed by atoms with Gasteiger partial charge in [-0.2, -0.15) is 0 Å². The highest BCUT2D eigenvalue weighted by molar-refractivity contribution is 6.31. The summed E-state index contributed by atoms with van der Waals surface area (Å²) in [6.07, 6.45) is 2.36. The molecule has 0 aliphatic heterocycles. The number of anilines is 1. The van der Waals surface area contributed by atoms with Crippen LogP contribution in [0.4, 0.5) is 10.5 Å². The fourth-order valence-corrected chi connectivity index (χ4v) is 3.59. The molecule has 2 heterocycles. The smallest absolute Gasteiger partial charge is 0.319 e. The zero-order valence-electron chi connectivity index (χ0n) is 17.5. The number of carbonyl (C=O) groups excluding carboxylic acids is 1. The van der Waals surface area contributed by atoms with E-state index in [0.717, 1.165) is 22.6 Å². The maximum atomic E-state index is 12.3. The average Bonchev–Trinajstić information content (AvgIpc) is 3.10. The number of rotatable bonds is 6. The largest absolute Gasteiger partial charge is 0.337 e. The van der Waals surface area contributed by atoms with Crippen LogP contribution in [0, 0.1) is 13.8 Å². The van der Waals surface area contributed by atoms with Gasteiger partial charge in [0.15, 0.2) is 5.65 Å². The van der Waals surface area contributed by atoms with Crippen molar-refractivity contribution in [3.8, 4) is 0 Å². The average molecular weight is 434 g/mol. The number of nitrogens with zero attached hydrogens (tertiary/aromatic N) is 3. The standard InChI is InChI=1S/C24H24ClN5O/c1-16-5-8-18(9-6-16)15-30-22(28-20-4-3-12-26-23(20)30)11-13-27-24(31)29-21-14-19(25)10-7-17(21)2/h3-10,12,14H,11,13,15H2,1-2H3,(H2,27,29,31). The third-order valence-electron chi connectivity index (χ3n) is 5.13. The Morgan fingerprint density at radius 3 is 2.71 bits per heavy atom. The number of halogens is 1. The van der Waals surface area contributed by atoms with Crippen molar-refractivity contribution in [3.05, 3.63) is 88.3 Å². The number of pyridine rings is 1. The summed E-state index contributed by atoms with van der Waals surface area (Å²) in [5, 5.41) is 6.33. The summed E-state index contributed by atoms with van der Waals surface area (Å²) < 4.78 is 2.11. The van der Waals surface area contributed by atoms with Crippen molar-refractivity contribution in [2.24, 2.45) is 0 Å². The Balaban J connectivity index is 1.46. The molecule has 6 nitrogen and oxygen atoms in total. The molecular formula is C24H24ClN5O. The molecule has 2 aromatic carbocycles. The number of urea groups is 1. The van der Waals surface area contributed by atoms with Crippen molar-refractivity contribution in [3.63, 3.8) is 0 Å². The number of hydrogen-bond acceptors (Lipinski definition) is 3. The van der Waals surface area contributed by atoms with E-state index in [1.54, 1.807) is 18.3 Å². The van der Waals surface area contributed by atoms with Gasteiger partial charge < -0.3 is 15.2 Å². The number of hydrogen-bond donors (Lipinski definition) is 2. The van der Waals surface area contributed by atoms with Crippen LogP contribution < -0.4 is 10.6 Å². The number of aryl methyl sites for hydroxylation is 2. The highest BCUT2D eigenvalue weighted by atomic mass is 35.5. The second-order valence-electron chi connectivity index (χ2n) is 7.54. The number of aromatic nitrogens is 3. The van der Waals surface area contributed by atoms with Crippen LogP contribution in [0.15, 0.2) is 60.8 Å². The van der Waals surface area contributed by atoms with E-state index in [4.69, 9.17) is 16.6 Å². The topological polar surface area (TPSA) is 71.8 Å². The fraction of sp³-hybridized carbons (Fsp3) is 0.208. The predicted molar refractivity (Wildman–Crippen MR) is 125 cm³/mol. The molecule has 4 rings (SSSR count). The van der Waals surface area contributed by atoms with Gasteiger partial charge in [0, 0.05) is 29.9 Å². The summed E-state index contributed by atoms with van der Waals surface area (Å²) >= 11 is 6.03. The van der Waals surface area contributed by atoms with E-state index in [9.17, 15) is 4.79 Å². The van der Waals surface area contributed by atoms with Crippen LogP contribution in [0.25, 0.3) is 11.2 Å². The Morgan fingerprint density at radius 1 is 1.10 bits per heavy atom. The minimum absolute atomic E-state index is 0.273. The number of fused-ring (bicyclic) bond motifs is 1. The first-order valence-corrected chi connectivity index (χ1v) is 10.5. The van der Waals surface area contributed by atoms with Gasteiger partial charge in [0.1, 0.15) is 11.3 Å². The van der Waals surface area contributed by atoms with Gasteiger partial charge in [-0.3, -0.25) is 0 Å². The van der Waals surface area contributed by atoms with Crippen LogP contribution in [-0.2, 0) is 13.0 Å². The highest BCUT2D eigenvalue weighted by Gasteiger charge is 2.13. The van der Waals surface area contributed by atoms with Crippen molar-refractivity contribution in [1.29, 1.82) is 0 Å². The highest BCUT2D eigenvalue weighted by Crippen LogP contribution is 2.20. The first-order chi connectivity index (χ1) is 15.0. The first kappa shape index (κ1) is 20.9. The quantitative estimate of drug-likeness (QED) is 0.443. The third-order valence-corrected chi connectivity index (χ3v) is 5.36. The molecule has 0 bridgehead atoms. The molecule has 0 fully saturated rings. The van der Waals surface area contributed by atoms with Crippen LogP contribution >= 0.6 is 11.6 Å². The van der Waals surface area contributed by atoms with Crippen molar-refractivity contribution >= 4 is 34.5 Å². The van der Waals surface area contributed by atoms with Crippen LogP contribution in [0.5, 0.6) is 0 Å². The molecule has 0 radical (unpaired) electrons. The molecule has 158 valence electrons. The van der Waals surface area contributed by atoms with Crippen LogP contribution in [-0.4, -0.2) is 27.1 Å². The lowest BCUT2D eigenvalue weighted by Gasteiger charge is -2.12. The maximum Gasteiger partial charge on any atom is 0.319 e. The van der Waals surface area contributed by atoms with Gasteiger partial charge in [-0.25, -0.2) is 14.8 Å². The molecule has 0 aliphatic carbocycles. The molecule has 0 saturated carbocycles. The Hall–Kier alpha value is -3.38. The van der Waals surface area contributed by atoms with Crippen molar-refractivity contribution in [1.82, 2.24) is 19.9 Å².